The van der Waals surface area contributed by atoms with Gasteiger partial charge in [-0.1, -0.05) is 48.9 Å². The highest BCUT2D eigenvalue weighted by molar-refractivity contribution is 6.34. The first-order valence-electron chi connectivity index (χ1n) is 7.94. The number of benzene rings is 2. The van der Waals surface area contributed by atoms with Gasteiger partial charge in [-0.25, -0.2) is 0 Å². The molecule has 3 N–H and O–H groups in total. The highest BCUT2D eigenvalue weighted by Crippen LogP contribution is 2.24. The molecular weight excluding hydrogens is 373 g/mol. The molecule has 2 rings (SSSR count). The summed E-state index contributed by atoms with van der Waals surface area (Å²) in [4.78, 5) is 26.1. The Kier molecular flexibility index (Phi) is 8.08. The molecule has 0 saturated heterocycles. The Balaban J connectivity index is 0.00000338. The quantitative estimate of drug-likeness (QED) is 0.809. The molecule has 0 fully saturated rings. The number of hydrogen-bond acceptors (Lipinski definition) is 3. The van der Waals surface area contributed by atoms with Gasteiger partial charge in [0.15, 0.2) is 0 Å². The molecule has 7 heteroatoms. The van der Waals surface area contributed by atoms with E-state index in [1.807, 2.05) is 30.3 Å². The first-order chi connectivity index (χ1) is 11.8. The number of carbonyl (C=O) groups excluding carboxylic acids is 2. The van der Waals surface area contributed by atoms with Gasteiger partial charge in [0.25, 0.3) is 5.91 Å². The van der Waals surface area contributed by atoms with Crippen molar-refractivity contribution < 1.29 is 9.59 Å². The SMILES string of the molecule is CC(C(=O)Nc1ccc(Cl)c(C(=O)N(C)C)c1)C(N)c1ccccc1.Cl. The number of amides is 2. The Bertz CT molecular complexity index is 767. The van der Waals surface area contributed by atoms with Crippen LogP contribution in [0.1, 0.15) is 28.9 Å². The molecule has 2 aromatic carbocycles. The topological polar surface area (TPSA) is 75.4 Å². The Labute approximate surface area is 164 Å². The summed E-state index contributed by atoms with van der Waals surface area (Å²) in [6, 6.07) is 13.9. The van der Waals surface area contributed by atoms with E-state index in [0.717, 1.165) is 5.56 Å². The smallest absolute Gasteiger partial charge is 0.254 e. The van der Waals surface area contributed by atoms with Crippen LogP contribution >= 0.6 is 24.0 Å². The van der Waals surface area contributed by atoms with Crippen molar-refractivity contribution in [3.8, 4) is 0 Å². The van der Waals surface area contributed by atoms with E-state index in [1.54, 1.807) is 39.2 Å². The molecule has 2 amide bonds. The molecule has 0 aliphatic heterocycles. The fourth-order valence-corrected chi connectivity index (χ4v) is 2.59. The fourth-order valence-electron chi connectivity index (χ4n) is 2.39. The van der Waals surface area contributed by atoms with Crippen molar-refractivity contribution >= 4 is 41.5 Å². The summed E-state index contributed by atoms with van der Waals surface area (Å²) in [6.45, 7) is 1.77. The monoisotopic (exact) mass is 395 g/mol. The Hall–Kier alpha value is -2.08. The molecule has 5 nitrogen and oxygen atoms in total. The normalized spacial score (nSPS) is 12.5. The van der Waals surface area contributed by atoms with Gasteiger partial charge in [0.1, 0.15) is 0 Å². The minimum absolute atomic E-state index is 0. The molecule has 0 aromatic heterocycles. The Morgan fingerprint density at radius 1 is 1.12 bits per heavy atom. The lowest BCUT2D eigenvalue weighted by Crippen LogP contribution is -2.30. The van der Waals surface area contributed by atoms with Crippen LogP contribution in [0.15, 0.2) is 48.5 Å². The van der Waals surface area contributed by atoms with Crippen molar-refractivity contribution in [3.05, 3.63) is 64.7 Å². The number of carbonyl (C=O) groups is 2. The number of nitrogens with zero attached hydrogens (tertiary/aromatic N) is 1. The third kappa shape index (κ3) is 5.21. The molecule has 0 spiro atoms. The predicted molar refractivity (Wildman–Crippen MR) is 108 cm³/mol. The van der Waals surface area contributed by atoms with Gasteiger partial charge in [0.05, 0.1) is 16.5 Å². The van der Waals surface area contributed by atoms with E-state index >= 15 is 0 Å². The lowest BCUT2D eigenvalue weighted by atomic mass is 9.94. The highest BCUT2D eigenvalue weighted by Gasteiger charge is 2.23. The van der Waals surface area contributed by atoms with Crippen LogP contribution in [0.5, 0.6) is 0 Å². The van der Waals surface area contributed by atoms with Crippen molar-refractivity contribution in [3.63, 3.8) is 0 Å². The van der Waals surface area contributed by atoms with E-state index in [1.165, 1.54) is 4.90 Å². The van der Waals surface area contributed by atoms with Crippen molar-refractivity contribution in [2.75, 3.05) is 19.4 Å². The molecule has 2 atom stereocenters. The van der Waals surface area contributed by atoms with Gasteiger partial charge in [0, 0.05) is 25.8 Å². The van der Waals surface area contributed by atoms with Gasteiger partial charge < -0.3 is 16.0 Å². The second kappa shape index (κ2) is 9.57. The lowest BCUT2D eigenvalue weighted by Gasteiger charge is -2.20. The van der Waals surface area contributed by atoms with Crippen LogP contribution in [0.25, 0.3) is 0 Å². The summed E-state index contributed by atoms with van der Waals surface area (Å²) in [5, 5.41) is 3.14. The van der Waals surface area contributed by atoms with E-state index in [4.69, 9.17) is 17.3 Å². The lowest BCUT2D eigenvalue weighted by molar-refractivity contribution is -0.120. The van der Waals surface area contributed by atoms with E-state index < -0.39 is 12.0 Å². The molecule has 0 saturated carbocycles. The first kappa shape index (κ1) is 22.0. The molecule has 26 heavy (non-hydrogen) atoms. The maximum Gasteiger partial charge on any atom is 0.254 e. The Morgan fingerprint density at radius 2 is 1.73 bits per heavy atom. The van der Waals surface area contributed by atoms with Crippen molar-refractivity contribution in [2.24, 2.45) is 11.7 Å². The maximum atomic E-state index is 12.5. The van der Waals surface area contributed by atoms with Crippen LogP contribution in [0, 0.1) is 5.92 Å². The molecule has 140 valence electrons. The number of hydrogen-bond donors (Lipinski definition) is 2. The molecule has 0 bridgehead atoms. The zero-order valence-electron chi connectivity index (χ0n) is 14.9. The van der Waals surface area contributed by atoms with Crippen molar-refractivity contribution in [2.45, 2.75) is 13.0 Å². The van der Waals surface area contributed by atoms with Crippen LogP contribution in [-0.4, -0.2) is 30.8 Å². The number of nitrogens with one attached hydrogen (secondary N) is 1. The number of nitrogens with two attached hydrogens (primary N) is 1. The first-order valence-corrected chi connectivity index (χ1v) is 8.31. The average Bonchev–Trinajstić information content (AvgIpc) is 2.62. The largest absolute Gasteiger partial charge is 0.345 e. The second-order valence-corrected chi connectivity index (χ2v) is 6.52. The molecule has 2 unspecified atom stereocenters. The zero-order chi connectivity index (χ0) is 18.6. The van der Waals surface area contributed by atoms with Gasteiger partial charge in [-0.3, -0.25) is 9.59 Å². The Morgan fingerprint density at radius 3 is 2.31 bits per heavy atom. The van der Waals surface area contributed by atoms with E-state index in [0.29, 0.717) is 16.3 Å². The third-order valence-electron chi connectivity index (χ3n) is 4.01. The summed E-state index contributed by atoms with van der Waals surface area (Å²) in [7, 11) is 3.29. The molecular formula is C19H23Cl2N3O2. The van der Waals surface area contributed by atoms with Gasteiger partial charge in [-0.15, -0.1) is 12.4 Å². The molecule has 0 heterocycles. The van der Waals surface area contributed by atoms with E-state index in [9.17, 15) is 9.59 Å². The fraction of sp³-hybridized carbons (Fsp3) is 0.263. The summed E-state index contributed by atoms with van der Waals surface area (Å²) in [6.07, 6.45) is 0. The van der Waals surface area contributed by atoms with Crippen LogP contribution < -0.4 is 11.1 Å². The summed E-state index contributed by atoms with van der Waals surface area (Å²) in [5.74, 6) is -0.886. The van der Waals surface area contributed by atoms with Gasteiger partial charge in [-0.05, 0) is 23.8 Å². The minimum Gasteiger partial charge on any atom is -0.345 e. The standard InChI is InChI=1S/C19H22ClN3O2.ClH/c1-12(17(21)13-7-5-4-6-8-13)18(24)22-14-9-10-16(20)15(11-14)19(25)23(2)3;/h4-12,17H,21H2,1-3H3,(H,22,24);1H. The van der Waals surface area contributed by atoms with Crippen molar-refractivity contribution in [1.82, 2.24) is 4.90 Å². The van der Waals surface area contributed by atoms with Crippen LogP contribution in [0.4, 0.5) is 5.69 Å². The van der Waals surface area contributed by atoms with Crippen molar-refractivity contribution in [1.29, 1.82) is 0 Å². The molecule has 0 radical (unpaired) electrons. The van der Waals surface area contributed by atoms with Crippen LogP contribution in [0.3, 0.4) is 0 Å². The van der Waals surface area contributed by atoms with E-state index in [2.05, 4.69) is 5.32 Å². The summed E-state index contributed by atoms with van der Waals surface area (Å²) in [5.41, 5.74) is 7.93. The minimum atomic E-state index is -0.439. The number of anilines is 1. The van der Waals surface area contributed by atoms with Gasteiger partial charge in [-0.2, -0.15) is 0 Å². The summed E-state index contributed by atoms with van der Waals surface area (Å²) < 4.78 is 0. The predicted octanol–water partition coefficient (Wildman–Crippen LogP) is 3.74. The number of halogens is 2. The van der Waals surface area contributed by atoms with E-state index in [-0.39, 0.29) is 24.2 Å². The highest BCUT2D eigenvalue weighted by atomic mass is 35.5. The molecule has 2 aromatic rings. The number of rotatable bonds is 5. The van der Waals surface area contributed by atoms with Crippen LogP contribution in [0.2, 0.25) is 5.02 Å². The van der Waals surface area contributed by atoms with Gasteiger partial charge in [0.2, 0.25) is 5.91 Å². The summed E-state index contributed by atoms with van der Waals surface area (Å²) >= 11 is 6.08. The third-order valence-corrected chi connectivity index (χ3v) is 4.34. The molecule has 0 aliphatic carbocycles. The molecule has 0 aliphatic rings. The van der Waals surface area contributed by atoms with Gasteiger partial charge >= 0.3 is 0 Å². The average molecular weight is 396 g/mol. The second-order valence-electron chi connectivity index (χ2n) is 6.11. The van der Waals surface area contributed by atoms with Crippen LogP contribution in [-0.2, 0) is 4.79 Å². The maximum absolute atomic E-state index is 12.5. The zero-order valence-corrected chi connectivity index (χ0v) is 16.5.